The van der Waals surface area contributed by atoms with E-state index in [1.54, 1.807) is 0 Å². The highest BCUT2D eigenvalue weighted by Crippen LogP contribution is 2.35. The molecule has 1 aromatic carbocycles. The van der Waals surface area contributed by atoms with Gasteiger partial charge < -0.3 is 5.11 Å². The highest BCUT2D eigenvalue weighted by Gasteiger charge is 2.26. The molecule has 3 aromatic rings. The first-order chi connectivity index (χ1) is 11.7. The number of fused-ring (bicyclic) bond motifs is 5. The first-order valence-electron chi connectivity index (χ1n) is 7.93. The van der Waals surface area contributed by atoms with Crippen molar-refractivity contribution >= 4 is 5.97 Å². The smallest absolute Gasteiger partial charge is 0.354 e. The molecule has 0 saturated carbocycles. The molecule has 0 unspecified atom stereocenters. The summed E-state index contributed by atoms with van der Waals surface area (Å²) in [7, 11) is 0. The molecule has 6 heteroatoms. The van der Waals surface area contributed by atoms with Crippen molar-refractivity contribution in [2.75, 3.05) is 0 Å². The van der Waals surface area contributed by atoms with Crippen LogP contribution >= 0.6 is 0 Å². The number of hydrogen-bond donors (Lipinski definition) is 1. The Morgan fingerprint density at radius 3 is 2.88 bits per heavy atom. The number of hydrogen-bond acceptors (Lipinski definition) is 4. The number of para-hydroxylation sites is 1. The zero-order valence-electron chi connectivity index (χ0n) is 13.2. The Balaban J connectivity index is 2.06. The molecule has 0 spiro atoms. The molecule has 0 fully saturated rings. The van der Waals surface area contributed by atoms with Crippen molar-refractivity contribution in [3.05, 3.63) is 59.6 Å². The van der Waals surface area contributed by atoms with Crippen LogP contribution in [-0.4, -0.2) is 30.6 Å². The van der Waals surface area contributed by atoms with E-state index in [0.29, 0.717) is 17.7 Å². The Kier molecular flexibility index (Phi) is 3.37. The number of benzene rings is 1. The van der Waals surface area contributed by atoms with E-state index in [9.17, 15) is 9.90 Å². The number of aryl methyl sites for hydroxylation is 1. The lowest BCUT2D eigenvalue weighted by atomic mass is 10.0. The Labute approximate surface area is 138 Å². The molecule has 0 bridgehead atoms. The molecule has 1 aliphatic heterocycles. The molecule has 120 valence electrons. The van der Waals surface area contributed by atoms with Gasteiger partial charge in [-0.25, -0.2) is 19.7 Å². The third kappa shape index (κ3) is 2.11. The largest absolute Gasteiger partial charge is 0.476 e. The Morgan fingerprint density at radius 2 is 2.08 bits per heavy atom. The van der Waals surface area contributed by atoms with Gasteiger partial charge in [0.2, 0.25) is 0 Å². The van der Waals surface area contributed by atoms with E-state index in [4.69, 9.17) is 0 Å². The lowest BCUT2D eigenvalue weighted by Crippen LogP contribution is -2.09. The minimum absolute atomic E-state index is 0.0569. The highest BCUT2D eigenvalue weighted by atomic mass is 16.4. The number of carboxylic acids is 1. The van der Waals surface area contributed by atoms with Gasteiger partial charge in [0.25, 0.3) is 0 Å². The van der Waals surface area contributed by atoms with Crippen molar-refractivity contribution in [3.8, 4) is 16.9 Å². The van der Waals surface area contributed by atoms with Crippen LogP contribution in [0.4, 0.5) is 0 Å². The van der Waals surface area contributed by atoms with Crippen LogP contribution in [0.25, 0.3) is 16.9 Å². The molecule has 1 aliphatic rings. The van der Waals surface area contributed by atoms with Gasteiger partial charge in [-0.15, -0.1) is 0 Å². The molecular weight excluding hydrogens is 304 g/mol. The molecule has 6 nitrogen and oxygen atoms in total. The molecule has 0 radical (unpaired) electrons. The summed E-state index contributed by atoms with van der Waals surface area (Å²) >= 11 is 0. The lowest BCUT2D eigenvalue weighted by molar-refractivity contribution is 0.0689. The van der Waals surface area contributed by atoms with E-state index >= 15 is 0 Å². The maximum absolute atomic E-state index is 11.6. The van der Waals surface area contributed by atoms with Crippen LogP contribution in [0.2, 0.25) is 0 Å². The highest BCUT2D eigenvalue weighted by molar-refractivity contribution is 5.90. The van der Waals surface area contributed by atoms with Gasteiger partial charge in [0, 0.05) is 35.9 Å². The second kappa shape index (κ2) is 5.56. The van der Waals surface area contributed by atoms with E-state index < -0.39 is 5.97 Å². The number of nitrogens with zero attached hydrogens (tertiary/aromatic N) is 4. The van der Waals surface area contributed by atoms with E-state index in [-0.39, 0.29) is 5.69 Å². The minimum Gasteiger partial charge on any atom is -0.476 e. The van der Waals surface area contributed by atoms with Crippen molar-refractivity contribution in [3.63, 3.8) is 0 Å². The second-order valence-corrected chi connectivity index (χ2v) is 5.80. The molecule has 0 saturated heterocycles. The number of aromatic carboxylic acids is 1. The van der Waals surface area contributed by atoms with Crippen LogP contribution in [0.1, 0.15) is 40.9 Å². The maximum atomic E-state index is 11.6. The van der Waals surface area contributed by atoms with Gasteiger partial charge in [0.15, 0.2) is 5.69 Å². The van der Waals surface area contributed by atoms with Crippen molar-refractivity contribution < 1.29 is 9.90 Å². The van der Waals surface area contributed by atoms with Gasteiger partial charge >= 0.3 is 5.97 Å². The lowest BCUT2D eigenvalue weighted by Gasteiger charge is -2.12. The average molecular weight is 320 g/mol. The van der Waals surface area contributed by atoms with Crippen molar-refractivity contribution in [2.24, 2.45) is 0 Å². The molecular formula is C18H16N4O2. The number of imidazole rings is 1. The quantitative estimate of drug-likeness (QED) is 0.628. The first-order valence-corrected chi connectivity index (χ1v) is 7.93. The topological polar surface area (TPSA) is 80.9 Å². The summed E-state index contributed by atoms with van der Waals surface area (Å²) in [6.07, 6.45) is 5.46. The molecule has 0 aliphatic carbocycles. The van der Waals surface area contributed by atoms with Crippen LogP contribution in [0.3, 0.4) is 0 Å². The molecule has 0 amide bonds. The van der Waals surface area contributed by atoms with E-state index in [1.807, 2.05) is 30.5 Å². The van der Waals surface area contributed by atoms with Crippen molar-refractivity contribution in [1.29, 1.82) is 0 Å². The fraction of sp³-hybridized carbons (Fsp3) is 0.222. The van der Waals surface area contributed by atoms with Crippen molar-refractivity contribution in [2.45, 2.75) is 26.2 Å². The van der Waals surface area contributed by atoms with Gasteiger partial charge in [0.05, 0.1) is 11.4 Å². The molecule has 4 rings (SSSR count). The first kappa shape index (κ1) is 14.6. The summed E-state index contributed by atoms with van der Waals surface area (Å²) in [4.78, 5) is 24.5. The average Bonchev–Trinajstić information content (AvgIpc) is 2.91. The third-order valence-electron chi connectivity index (χ3n) is 4.29. The van der Waals surface area contributed by atoms with Gasteiger partial charge in [-0.3, -0.25) is 4.57 Å². The van der Waals surface area contributed by atoms with E-state index in [2.05, 4.69) is 26.4 Å². The molecule has 24 heavy (non-hydrogen) atoms. The standard InChI is InChI=1S/C18H16N4O2/c1-2-5-15-19-9-11-8-13-16(20-10-21-17(13)18(23)24)12-6-3-4-7-14(12)22(11)15/h3-4,6-7,9-10H,2,5,8H2,1H3,(H,23,24). The summed E-state index contributed by atoms with van der Waals surface area (Å²) in [5.74, 6) is -0.0505. The van der Waals surface area contributed by atoms with Gasteiger partial charge in [-0.05, 0) is 12.5 Å². The van der Waals surface area contributed by atoms with Gasteiger partial charge in [-0.2, -0.15) is 0 Å². The Hall–Kier alpha value is -3.02. The second-order valence-electron chi connectivity index (χ2n) is 5.80. The van der Waals surface area contributed by atoms with Gasteiger partial charge in [-0.1, -0.05) is 25.1 Å². The zero-order chi connectivity index (χ0) is 16.7. The monoisotopic (exact) mass is 320 g/mol. The predicted octanol–water partition coefficient (Wildman–Crippen LogP) is 2.88. The van der Waals surface area contributed by atoms with E-state index in [1.165, 1.54) is 6.33 Å². The zero-order valence-corrected chi connectivity index (χ0v) is 13.2. The number of rotatable bonds is 3. The van der Waals surface area contributed by atoms with Crippen LogP contribution in [-0.2, 0) is 12.8 Å². The van der Waals surface area contributed by atoms with Crippen LogP contribution in [0.5, 0.6) is 0 Å². The molecule has 0 atom stereocenters. The van der Waals surface area contributed by atoms with Crippen molar-refractivity contribution in [1.82, 2.24) is 19.5 Å². The molecule has 2 aromatic heterocycles. The summed E-state index contributed by atoms with van der Waals surface area (Å²) in [6, 6.07) is 7.91. The fourth-order valence-electron chi connectivity index (χ4n) is 3.29. The number of aromatic nitrogens is 4. The fourth-order valence-corrected chi connectivity index (χ4v) is 3.29. The van der Waals surface area contributed by atoms with Crippen LogP contribution in [0, 0.1) is 0 Å². The summed E-state index contributed by atoms with van der Waals surface area (Å²) in [5, 5.41) is 9.51. The third-order valence-corrected chi connectivity index (χ3v) is 4.29. The summed E-state index contributed by atoms with van der Waals surface area (Å²) in [6.45, 7) is 2.12. The van der Waals surface area contributed by atoms with Crippen LogP contribution in [0.15, 0.2) is 36.8 Å². The van der Waals surface area contributed by atoms with Crippen LogP contribution < -0.4 is 0 Å². The molecule has 3 heterocycles. The SMILES string of the molecule is CCCc1ncc2n1-c1ccccc1-c1ncnc(C(=O)O)c1C2. The number of carboxylic acid groups (broad SMARTS) is 1. The minimum atomic E-state index is -1.03. The normalized spacial score (nSPS) is 12.0. The predicted molar refractivity (Wildman–Crippen MR) is 88.4 cm³/mol. The van der Waals surface area contributed by atoms with E-state index in [0.717, 1.165) is 35.6 Å². The Morgan fingerprint density at radius 1 is 1.25 bits per heavy atom. The summed E-state index contributed by atoms with van der Waals surface area (Å²) < 4.78 is 2.13. The Bertz CT molecular complexity index is 946. The maximum Gasteiger partial charge on any atom is 0.354 e. The van der Waals surface area contributed by atoms with Gasteiger partial charge in [0.1, 0.15) is 12.2 Å². The summed E-state index contributed by atoms with van der Waals surface area (Å²) in [5.41, 5.74) is 4.24. The number of carbonyl (C=O) groups is 1. The molecule has 1 N–H and O–H groups in total.